The number of aliphatic hydroxyl groups excluding tert-OH is 1. The molecule has 0 heterocycles. The van der Waals surface area contributed by atoms with Crippen molar-refractivity contribution in [3.05, 3.63) is 35.4 Å². The summed E-state index contributed by atoms with van der Waals surface area (Å²) in [7, 11) is 0. The van der Waals surface area contributed by atoms with Gasteiger partial charge in [-0.2, -0.15) is 0 Å². The standard InChI is InChI=1S/C10H13ClO/c11-7-3-6-9-4-1-2-5-10(9)8-12/h1-2,4-5,12H,3,6-8H2. The average Bonchev–Trinajstić information content (AvgIpc) is 2.15. The molecule has 1 N–H and O–H groups in total. The fourth-order valence-electron chi connectivity index (χ4n) is 1.21. The van der Waals surface area contributed by atoms with Crippen molar-refractivity contribution in [2.24, 2.45) is 0 Å². The highest BCUT2D eigenvalue weighted by Crippen LogP contribution is 2.10. The van der Waals surface area contributed by atoms with Gasteiger partial charge in [0.1, 0.15) is 0 Å². The van der Waals surface area contributed by atoms with Gasteiger partial charge in [0.15, 0.2) is 0 Å². The Kier molecular flexibility index (Phi) is 4.12. The van der Waals surface area contributed by atoms with Crippen LogP contribution < -0.4 is 0 Å². The number of aryl methyl sites for hydroxylation is 1. The molecule has 0 spiro atoms. The first-order valence-electron chi connectivity index (χ1n) is 4.12. The van der Waals surface area contributed by atoms with Crippen molar-refractivity contribution in [2.45, 2.75) is 19.4 Å². The van der Waals surface area contributed by atoms with E-state index in [1.54, 1.807) is 0 Å². The molecule has 0 unspecified atom stereocenters. The van der Waals surface area contributed by atoms with Crippen LogP contribution in [0.15, 0.2) is 24.3 Å². The smallest absolute Gasteiger partial charge is 0.0684 e. The summed E-state index contributed by atoms with van der Waals surface area (Å²) >= 11 is 5.58. The van der Waals surface area contributed by atoms with Gasteiger partial charge >= 0.3 is 0 Å². The van der Waals surface area contributed by atoms with Gasteiger partial charge in [-0.25, -0.2) is 0 Å². The summed E-state index contributed by atoms with van der Waals surface area (Å²) in [5.41, 5.74) is 2.23. The zero-order chi connectivity index (χ0) is 8.81. The number of hydrogen-bond acceptors (Lipinski definition) is 1. The Labute approximate surface area is 78.0 Å². The van der Waals surface area contributed by atoms with Gasteiger partial charge in [0.25, 0.3) is 0 Å². The topological polar surface area (TPSA) is 20.2 Å². The normalized spacial score (nSPS) is 10.2. The first-order chi connectivity index (χ1) is 5.88. The third kappa shape index (κ3) is 2.50. The van der Waals surface area contributed by atoms with Gasteiger partial charge in [0.2, 0.25) is 0 Å². The minimum atomic E-state index is 0.123. The Morgan fingerprint density at radius 1 is 1.17 bits per heavy atom. The van der Waals surface area contributed by atoms with Crippen molar-refractivity contribution in [1.82, 2.24) is 0 Å². The molecule has 0 saturated carbocycles. The Hall–Kier alpha value is -0.530. The number of aliphatic hydroxyl groups is 1. The maximum absolute atomic E-state index is 8.98. The van der Waals surface area contributed by atoms with Gasteiger partial charge in [-0.15, -0.1) is 11.6 Å². The lowest BCUT2D eigenvalue weighted by molar-refractivity contribution is 0.280. The average molecular weight is 185 g/mol. The van der Waals surface area contributed by atoms with Crippen LogP contribution in [-0.2, 0) is 13.0 Å². The van der Waals surface area contributed by atoms with Crippen LogP contribution in [0.1, 0.15) is 17.5 Å². The summed E-state index contributed by atoms with van der Waals surface area (Å²) < 4.78 is 0. The number of rotatable bonds is 4. The highest BCUT2D eigenvalue weighted by Gasteiger charge is 1.98. The first-order valence-corrected chi connectivity index (χ1v) is 4.65. The molecule has 1 aromatic rings. The number of halogens is 1. The fraction of sp³-hybridized carbons (Fsp3) is 0.400. The SMILES string of the molecule is OCc1ccccc1CCCCl. The largest absolute Gasteiger partial charge is 0.392 e. The van der Waals surface area contributed by atoms with E-state index < -0.39 is 0 Å². The lowest BCUT2D eigenvalue weighted by Crippen LogP contribution is -1.94. The number of hydrogen-bond donors (Lipinski definition) is 1. The van der Waals surface area contributed by atoms with Crippen LogP contribution in [0, 0.1) is 0 Å². The predicted molar refractivity (Wildman–Crippen MR) is 51.4 cm³/mol. The summed E-state index contributed by atoms with van der Waals surface area (Å²) in [6, 6.07) is 7.92. The lowest BCUT2D eigenvalue weighted by atomic mass is 10.0. The third-order valence-electron chi connectivity index (χ3n) is 1.87. The van der Waals surface area contributed by atoms with Gasteiger partial charge in [-0.3, -0.25) is 0 Å². The molecule has 0 saturated heterocycles. The fourth-order valence-corrected chi connectivity index (χ4v) is 1.35. The van der Waals surface area contributed by atoms with Gasteiger partial charge in [-0.05, 0) is 24.0 Å². The van der Waals surface area contributed by atoms with Crippen LogP contribution in [0.2, 0.25) is 0 Å². The van der Waals surface area contributed by atoms with Gasteiger partial charge < -0.3 is 5.11 Å². The van der Waals surface area contributed by atoms with E-state index >= 15 is 0 Å². The highest BCUT2D eigenvalue weighted by molar-refractivity contribution is 6.17. The van der Waals surface area contributed by atoms with E-state index in [0.717, 1.165) is 18.4 Å². The molecule has 0 fully saturated rings. The van der Waals surface area contributed by atoms with Crippen LogP contribution in [-0.4, -0.2) is 11.0 Å². The van der Waals surface area contributed by atoms with Crippen molar-refractivity contribution < 1.29 is 5.11 Å². The quantitative estimate of drug-likeness (QED) is 0.713. The maximum atomic E-state index is 8.98. The second-order valence-corrected chi connectivity index (χ2v) is 3.10. The molecule has 0 aliphatic heterocycles. The van der Waals surface area contributed by atoms with E-state index in [0.29, 0.717) is 5.88 Å². The molecule has 0 aromatic heterocycles. The van der Waals surface area contributed by atoms with Crippen molar-refractivity contribution >= 4 is 11.6 Å². The molecular formula is C10H13ClO. The third-order valence-corrected chi connectivity index (χ3v) is 2.14. The molecule has 0 radical (unpaired) electrons. The second kappa shape index (κ2) is 5.18. The summed E-state index contributed by atoms with van der Waals surface area (Å²) in [6.07, 6.45) is 1.93. The van der Waals surface area contributed by atoms with Crippen molar-refractivity contribution in [3.8, 4) is 0 Å². The van der Waals surface area contributed by atoms with Crippen LogP contribution in [0.25, 0.3) is 0 Å². The molecule has 1 aromatic carbocycles. The van der Waals surface area contributed by atoms with Crippen molar-refractivity contribution in [2.75, 3.05) is 5.88 Å². The second-order valence-electron chi connectivity index (χ2n) is 2.72. The van der Waals surface area contributed by atoms with Crippen molar-refractivity contribution in [1.29, 1.82) is 0 Å². The molecule has 66 valence electrons. The van der Waals surface area contributed by atoms with E-state index in [4.69, 9.17) is 16.7 Å². The zero-order valence-electron chi connectivity index (χ0n) is 6.96. The molecule has 1 nitrogen and oxygen atoms in total. The summed E-state index contributed by atoms with van der Waals surface area (Å²) in [4.78, 5) is 0. The number of benzene rings is 1. The molecule has 0 aliphatic rings. The summed E-state index contributed by atoms with van der Waals surface area (Å²) in [5.74, 6) is 0.680. The minimum absolute atomic E-state index is 0.123. The molecule has 1 rings (SSSR count). The van der Waals surface area contributed by atoms with E-state index in [9.17, 15) is 0 Å². The molecule has 12 heavy (non-hydrogen) atoms. The van der Waals surface area contributed by atoms with Crippen LogP contribution in [0.4, 0.5) is 0 Å². The van der Waals surface area contributed by atoms with E-state index in [1.807, 2.05) is 24.3 Å². The lowest BCUT2D eigenvalue weighted by Gasteiger charge is -2.04. The molecular weight excluding hydrogens is 172 g/mol. The first kappa shape index (κ1) is 9.56. The number of alkyl halides is 1. The van der Waals surface area contributed by atoms with Crippen LogP contribution >= 0.6 is 11.6 Å². The van der Waals surface area contributed by atoms with E-state index in [-0.39, 0.29) is 6.61 Å². The molecule has 0 atom stereocenters. The van der Waals surface area contributed by atoms with Crippen molar-refractivity contribution in [3.63, 3.8) is 0 Å². The van der Waals surface area contributed by atoms with E-state index in [2.05, 4.69) is 0 Å². The predicted octanol–water partition coefficient (Wildman–Crippen LogP) is 2.35. The monoisotopic (exact) mass is 184 g/mol. The zero-order valence-corrected chi connectivity index (χ0v) is 7.72. The van der Waals surface area contributed by atoms with Gasteiger partial charge in [-0.1, -0.05) is 24.3 Å². The Morgan fingerprint density at radius 2 is 1.83 bits per heavy atom. The molecule has 2 heteroatoms. The molecule has 0 amide bonds. The molecule has 0 bridgehead atoms. The Morgan fingerprint density at radius 3 is 2.42 bits per heavy atom. The molecule has 0 aliphatic carbocycles. The highest BCUT2D eigenvalue weighted by atomic mass is 35.5. The Bertz CT molecular complexity index is 235. The van der Waals surface area contributed by atoms with Gasteiger partial charge in [0, 0.05) is 5.88 Å². The summed E-state index contributed by atoms with van der Waals surface area (Å²) in [5, 5.41) is 8.98. The maximum Gasteiger partial charge on any atom is 0.0684 e. The van der Waals surface area contributed by atoms with E-state index in [1.165, 1.54) is 5.56 Å². The Balaban J connectivity index is 2.68. The van der Waals surface area contributed by atoms with Crippen LogP contribution in [0.3, 0.4) is 0 Å². The van der Waals surface area contributed by atoms with Crippen LogP contribution in [0.5, 0.6) is 0 Å². The summed E-state index contributed by atoms with van der Waals surface area (Å²) in [6.45, 7) is 0.123. The minimum Gasteiger partial charge on any atom is -0.392 e. The van der Waals surface area contributed by atoms with Gasteiger partial charge in [0.05, 0.1) is 6.61 Å².